The van der Waals surface area contributed by atoms with Gasteiger partial charge in [0.1, 0.15) is 0 Å². The zero-order valence-corrected chi connectivity index (χ0v) is 9.69. The van der Waals surface area contributed by atoms with Gasteiger partial charge in [0.2, 0.25) is 0 Å². The van der Waals surface area contributed by atoms with E-state index in [-0.39, 0.29) is 0 Å². The Balaban J connectivity index is 1.78. The Morgan fingerprint density at radius 2 is 2.27 bits per heavy atom. The van der Waals surface area contributed by atoms with E-state index in [1.165, 1.54) is 12.8 Å². The van der Waals surface area contributed by atoms with E-state index in [0.29, 0.717) is 12.1 Å². The van der Waals surface area contributed by atoms with Crippen molar-refractivity contribution in [2.75, 3.05) is 46.4 Å². The van der Waals surface area contributed by atoms with E-state index in [4.69, 9.17) is 10.5 Å². The van der Waals surface area contributed by atoms with Crippen molar-refractivity contribution in [3.05, 3.63) is 0 Å². The number of hydrogen-bond acceptors (Lipinski definition) is 4. The first-order chi connectivity index (χ1) is 7.29. The number of rotatable bonds is 3. The molecule has 2 aliphatic rings. The molecule has 2 atom stereocenters. The highest BCUT2D eigenvalue weighted by Gasteiger charge is 2.26. The van der Waals surface area contributed by atoms with Crippen LogP contribution in [-0.4, -0.2) is 68.3 Å². The molecule has 4 heteroatoms. The topological polar surface area (TPSA) is 41.7 Å². The Labute approximate surface area is 92.4 Å². The van der Waals surface area contributed by atoms with E-state index < -0.39 is 0 Å². The first-order valence-corrected chi connectivity index (χ1v) is 6.04. The molecule has 2 fully saturated rings. The minimum atomic E-state index is 0.479. The van der Waals surface area contributed by atoms with Crippen LogP contribution in [0.5, 0.6) is 0 Å². The average Bonchev–Trinajstić information content (AvgIpc) is 2.73. The molecular formula is C11H23N3O. The van der Waals surface area contributed by atoms with Crippen LogP contribution in [0, 0.1) is 0 Å². The quantitative estimate of drug-likeness (QED) is 0.701. The highest BCUT2D eigenvalue weighted by atomic mass is 16.5. The number of hydrogen-bond donors (Lipinski definition) is 1. The molecule has 2 saturated heterocycles. The van der Waals surface area contributed by atoms with Gasteiger partial charge < -0.3 is 10.5 Å². The van der Waals surface area contributed by atoms with Crippen LogP contribution in [-0.2, 0) is 4.74 Å². The SMILES string of the molecule is CN1CCN(CC2CCCO2)CC1CN. The van der Waals surface area contributed by atoms with Gasteiger partial charge >= 0.3 is 0 Å². The molecule has 0 amide bonds. The maximum Gasteiger partial charge on any atom is 0.0702 e. The van der Waals surface area contributed by atoms with Crippen molar-refractivity contribution in [1.29, 1.82) is 0 Å². The molecule has 2 aliphatic heterocycles. The fraction of sp³-hybridized carbons (Fsp3) is 1.00. The summed E-state index contributed by atoms with van der Waals surface area (Å²) in [7, 11) is 2.17. The van der Waals surface area contributed by atoms with Crippen molar-refractivity contribution in [1.82, 2.24) is 9.80 Å². The molecule has 4 nitrogen and oxygen atoms in total. The van der Waals surface area contributed by atoms with Crippen molar-refractivity contribution in [2.45, 2.75) is 25.0 Å². The van der Waals surface area contributed by atoms with E-state index >= 15 is 0 Å². The van der Waals surface area contributed by atoms with Crippen LogP contribution in [0.4, 0.5) is 0 Å². The van der Waals surface area contributed by atoms with Crippen molar-refractivity contribution in [2.24, 2.45) is 5.73 Å². The minimum Gasteiger partial charge on any atom is -0.377 e. The van der Waals surface area contributed by atoms with E-state index in [0.717, 1.165) is 39.3 Å². The molecule has 0 aliphatic carbocycles. The van der Waals surface area contributed by atoms with Gasteiger partial charge in [-0.2, -0.15) is 0 Å². The average molecular weight is 213 g/mol. The van der Waals surface area contributed by atoms with E-state index in [9.17, 15) is 0 Å². The standard InChI is InChI=1S/C11H23N3O/c1-13-4-5-14(8-10(13)7-12)9-11-3-2-6-15-11/h10-11H,2-9,12H2,1H3. The Morgan fingerprint density at radius 1 is 1.40 bits per heavy atom. The summed E-state index contributed by atoms with van der Waals surface area (Å²) in [4.78, 5) is 4.87. The molecule has 0 aromatic carbocycles. The van der Waals surface area contributed by atoms with Crippen molar-refractivity contribution in [3.63, 3.8) is 0 Å². The second-order valence-electron chi connectivity index (χ2n) is 4.76. The van der Waals surface area contributed by atoms with E-state index in [1.54, 1.807) is 0 Å². The summed E-state index contributed by atoms with van der Waals surface area (Å²) in [6.07, 6.45) is 2.95. The van der Waals surface area contributed by atoms with Gasteiger partial charge in [-0.25, -0.2) is 0 Å². The molecule has 88 valence electrons. The van der Waals surface area contributed by atoms with Gasteiger partial charge in [0.15, 0.2) is 0 Å². The van der Waals surface area contributed by atoms with Gasteiger partial charge in [-0.05, 0) is 19.9 Å². The molecule has 0 saturated carbocycles. The highest BCUT2D eigenvalue weighted by Crippen LogP contribution is 2.15. The Morgan fingerprint density at radius 3 is 2.93 bits per heavy atom. The number of nitrogens with two attached hydrogens (primary N) is 1. The number of likely N-dealkylation sites (N-methyl/N-ethyl adjacent to an activating group) is 1. The zero-order chi connectivity index (χ0) is 10.7. The molecule has 2 heterocycles. The van der Waals surface area contributed by atoms with Crippen LogP contribution in [0.15, 0.2) is 0 Å². The molecule has 2 unspecified atom stereocenters. The van der Waals surface area contributed by atoms with Crippen LogP contribution in [0.2, 0.25) is 0 Å². The predicted molar refractivity (Wildman–Crippen MR) is 60.9 cm³/mol. The predicted octanol–water partition coefficient (Wildman–Crippen LogP) is -0.260. The first-order valence-electron chi connectivity index (χ1n) is 6.04. The zero-order valence-electron chi connectivity index (χ0n) is 9.69. The lowest BCUT2D eigenvalue weighted by molar-refractivity contribution is 0.0377. The summed E-state index contributed by atoms with van der Waals surface area (Å²) in [5.41, 5.74) is 5.76. The molecule has 0 bridgehead atoms. The molecule has 0 aromatic rings. The number of ether oxygens (including phenoxy) is 1. The molecule has 15 heavy (non-hydrogen) atoms. The lowest BCUT2D eigenvalue weighted by atomic mass is 10.1. The Kier molecular flexibility index (Phi) is 3.97. The molecule has 2 N–H and O–H groups in total. The third-order valence-electron chi connectivity index (χ3n) is 3.62. The smallest absolute Gasteiger partial charge is 0.0702 e. The summed E-state index contributed by atoms with van der Waals surface area (Å²) in [6.45, 7) is 6.22. The van der Waals surface area contributed by atoms with Gasteiger partial charge in [0.05, 0.1) is 6.10 Å². The summed E-state index contributed by atoms with van der Waals surface area (Å²) in [5, 5.41) is 0. The minimum absolute atomic E-state index is 0.479. The third-order valence-corrected chi connectivity index (χ3v) is 3.62. The Hall–Kier alpha value is -0.160. The monoisotopic (exact) mass is 213 g/mol. The lowest BCUT2D eigenvalue weighted by Gasteiger charge is -2.39. The molecule has 0 spiro atoms. The van der Waals surface area contributed by atoms with Gasteiger partial charge in [-0.1, -0.05) is 0 Å². The highest BCUT2D eigenvalue weighted by molar-refractivity contribution is 4.82. The van der Waals surface area contributed by atoms with Crippen molar-refractivity contribution < 1.29 is 4.74 Å². The number of piperazine rings is 1. The molecule has 2 rings (SSSR count). The lowest BCUT2D eigenvalue weighted by Crippen LogP contribution is -2.55. The largest absolute Gasteiger partial charge is 0.377 e. The second-order valence-corrected chi connectivity index (χ2v) is 4.76. The second kappa shape index (κ2) is 5.25. The maximum absolute atomic E-state index is 5.76. The first kappa shape index (κ1) is 11.3. The fourth-order valence-corrected chi connectivity index (χ4v) is 2.51. The van der Waals surface area contributed by atoms with Crippen LogP contribution in [0.25, 0.3) is 0 Å². The summed E-state index contributed by atoms with van der Waals surface area (Å²) in [5.74, 6) is 0. The maximum atomic E-state index is 5.76. The third kappa shape index (κ3) is 2.91. The summed E-state index contributed by atoms with van der Waals surface area (Å²) >= 11 is 0. The van der Waals surface area contributed by atoms with E-state index in [2.05, 4.69) is 16.8 Å². The van der Waals surface area contributed by atoms with Gasteiger partial charge in [0, 0.05) is 45.4 Å². The molecule has 0 aromatic heterocycles. The normalized spacial score (nSPS) is 34.8. The number of nitrogens with zero attached hydrogens (tertiary/aromatic N) is 2. The summed E-state index contributed by atoms with van der Waals surface area (Å²) < 4.78 is 5.66. The molecule has 0 radical (unpaired) electrons. The van der Waals surface area contributed by atoms with Crippen molar-refractivity contribution >= 4 is 0 Å². The van der Waals surface area contributed by atoms with E-state index in [1.807, 2.05) is 0 Å². The van der Waals surface area contributed by atoms with Gasteiger partial charge in [-0.3, -0.25) is 9.80 Å². The fourth-order valence-electron chi connectivity index (χ4n) is 2.51. The Bertz CT molecular complexity index is 192. The van der Waals surface area contributed by atoms with Crippen LogP contribution < -0.4 is 5.73 Å². The molecular weight excluding hydrogens is 190 g/mol. The van der Waals surface area contributed by atoms with Crippen LogP contribution in [0.1, 0.15) is 12.8 Å². The van der Waals surface area contributed by atoms with Crippen LogP contribution in [0.3, 0.4) is 0 Å². The van der Waals surface area contributed by atoms with Crippen molar-refractivity contribution in [3.8, 4) is 0 Å². The van der Waals surface area contributed by atoms with Gasteiger partial charge in [0.25, 0.3) is 0 Å². The summed E-state index contributed by atoms with van der Waals surface area (Å²) in [6, 6.07) is 0.528. The van der Waals surface area contributed by atoms with Crippen LogP contribution >= 0.6 is 0 Å². The van der Waals surface area contributed by atoms with Gasteiger partial charge in [-0.15, -0.1) is 0 Å².